The average molecular weight is 117 g/mol. The van der Waals surface area contributed by atoms with Gasteiger partial charge in [-0.2, -0.15) is 5.26 Å². The summed E-state index contributed by atoms with van der Waals surface area (Å²) in [6, 6.07) is 1.98. The van der Waals surface area contributed by atoms with Crippen LogP contribution in [0.5, 0.6) is 0 Å². The molecule has 40 valence electrons. The quantitative estimate of drug-likeness (QED) is 0.410. The molecule has 0 bridgehead atoms. The molecule has 1 unspecified atom stereocenters. The van der Waals surface area contributed by atoms with Gasteiger partial charge in [0.1, 0.15) is 0 Å². The second kappa shape index (κ2) is 5.88. The van der Waals surface area contributed by atoms with Crippen LogP contribution in [0.3, 0.4) is 0 Å². The Bertz CT molecular complexity index is 68.6. The van der Waals surface area contributed by atoms with E-state index in [0.717, 1.165) is 0 Å². The van der Waals surface area contributed by atoms with E-state index in [9.17, 15) is 0 Å². The summed E-state index contributed by atoms with van der Waals surface area (Å²) < 4.78 is 4.88. The molecule has 0 heterocycles. The van der Waals surface area contributed by atoms with E-state index in [-0.39, 0.29) is 0 Å². The Morgan fingerprint density at radius 3 is 3.00 bits per heavy atom. The lowest BCUT2D eigenvalue weighted by molar-refractivity contribution is 0.376. The molecule has 0 rings (SSSR count). The van der Waals surface area contributed by atoms with Crippen LogP contribution in [0, 0.1) is 11.3 Å². The summed E-state index contributed by atoms with van der Waals surface area (Å²) >= 11 is 0. The molecule has 1 atom stereocenters. The molecule has 7 heavy (non-hydrogen) atoms. The molecule has 0 aliphatic rings. The van der Waals surface area contributed by atoms with Gasteiger partial charge in [-0.3, -0.25) is 0 Å². The minimum absolute atomic E-state index is 0.515. The van der Waals surface area contributed by atoms with Crippen molar-refractivity contribution in [2.45, 2.75) is 6.42 Å². The third-order valence-electron chi connectivity index (χ3n) is 0.460. The van der Waals surface area contributed by atoms with Crippen LogP contribution in [0.25, 0.3) is 0 Å². The summed E-state index contributed by atoms with van der Waals surface area (Å²) in [7, 11) is 0.517. The molecule has 0 spiro atoms. The molecule has 0 aromatic heterocycles. The maximum atomic E-state index is 7.97. The van der Waals surface area contributed by atoms with Crippen LogP contribution < -0.4 is 0 Å². The van der Waals surface area contributed by atoms with Crippen molar-refractivity contribution in [1.29, 1.82) is 5.26 Å². The van der Waals surface area contributed by atoms with Crippen molar-refractivity contribution in [2.24, 2.45) is 0 Å². The first-order chi connectivity index (χ1) is 3.41. The van der Waals surface area contributed by atoms with Gasteiger partial charge in [-0.1, -0.05) is 0 Å². The summed E-state index contributed by atoms with van der Waals surface area (Å²) in [5.74, 6) is 0. The van der Waals surface area contributed by atoms with Crippen LogP contribution in [0.4, 0.5) is 0 Å². The van der Waals surface area contributed by atoms with Crippen molar-refractivity contribution >= 4 is 8.81 Å². The first-order valence-electron chi connectivity index (χ1n) is 2.07. The summed E-state index contributed by atoms with van der Waals surface area (Å²) in [5, 5.41) is 7.97. The minimum Gasteiger partial charge on any atom is -0.362 e. The molecule has 0 aliphatic carbocycles. The highest BCUT2D eigenvalue weighted by molar-refractivity contribution is 7.31. The Morgan fingerprint density at radius 1 is 1.86 bits per heavy atom. The maximum Gasteiger partial charge on any atom is 0.0646 e. The molecule has 3 heteroatoms. The first-order valence-corrected chi connectivity index (χ1v) is 3.48. The van der Waals surface area contributed by atoms with Crippen molar-refractivity contribution in [2.75, 3.05) is 13.3 Å². The van der Waals surface area contributed by atoms with Crippen LogP contribution in [0.15, 0.2) is 0 Å². The normalized spacial score (nSPS) is 9.71. The summed E-state index contributed by atoms with van der Waals surface area (Å²) in [4.78, 5) is 0. The zero-order chi connectivity index (χ0) is 5.54. The van der Waals surface area contributed by atoms with Gasteiger partial charge in [0.2, 0.25) is 0 Å². The number of nitrogens with zero attached hydrogens (tertiary/aromatic N) is 1. The summed E-state index contributed by atoms with van der Waals surface area (Å²) in [5.41, 5.74) is 0. The third kappa shape index (κ3) is 5.88. The zero-order valence-corrected chi connectivity index (χ0v) is 5.27. The highest BCUT2D eigenvalue weighted by Gasteiger charge is 1.78. The average Bonchev–Trinajstić information content (AvgIpc) is 1.69. The Kier molecular flexibility index (Phi) is 5.78. The van der Waals surface area contributed by atoms with Crippen molar-refractivity contribution < 1.29 is 4.52 Å². The molecule has 0 amide bonds. The molecule has 0 aromatic carbocycles. The van der Waals surface area contributed by atoms with Crippen molar-refractivity contribution in [1.82, 2.24) is 0 Å². The van der Waals surface area contributed by atoms with Gasteiger partial charge in [-0.05, 0) is 6.66 Å². The Morgan fingerprint density at radius 2 is 2.57 bits per heavy atom. The first kappa shape index (κ1) is 6.88. The number of hydrogen-bond acceptors (Lipinski definition) is 2. The van der Waals surface area contributed by atoms with E-state index >= 15 is 0 Å². The molecule has 0 aliphatic heterocycles. The van der Waals surface area contributed by atoms with E-state index < -0.39 is 0 Å². The molecule has 0 N–H and O–H groups in total. The number of hydrogen-bond donors (Lipinski definition) is 0. The fraction of sp³-hybridized carbons (Fsp3) is 0.750. The van der Waals surface area contributed by atoms with Crippen molar-refractivity contribution in [3.8, 4) is 6.07 Å². The maximum absolute atomic E-state index is 7.97. The molecule has 0 saturated carbocycles. The minimum atomic E-state index is 0.515. The van der Waals surface area contributed by atoms with Gasteiger partial charge in [-0.25, -0.2) is 0 Å². The lowest BCUT2D eigenvalue weighted by atomic mass is 10.5. The predicted octanol–water partition coefficient (Wildman–Crippen LogP) is 1.14. The van der Waals surface area contributed by atoms with Gasteiger partial charge in [0.25, 0.3) is 0 Å². The third-order valence-corrected chi connectivity index (χ3v) is 0.953. The number of rotatable bonds is 3. The van der Waals surface area contributed by atoms with Gasteiger partial charge in [0, 0.05) is 8.81 Å². The van der Waals surface area contributed by atoms with Crippen LogP contribution in [-0.2, 0) is 4.52 Å². The second-order valence-electron chi connectivity index (χ2n) is 0.961. The lowest BCUT2D eigenvalue weighted by Gasteiger charge is -1.90. The monoisotopic (exact) mass is 117 g/mol. The van der Waals surface area contributed by atoms with Gasteiger partial charge in [0.05, 0.1) is 19.1 Å². The van der Waals surface area contributed by atoms with E-state index in [4.69, 9.17) is 9.79 Å². The van der Waals surface area contributed by atoms with Gasteiger partial charge >= 0.3 is 0 Å². The SMILES string of the molecule is CPOCCC#N. The van der Waals surface area contributed by atoms with Gasteiger partial charge in [-0.15, -0.1) is 0 Å². The van der Waals surface area contributed by atoms with Crippen LogP contribution >= 0.6 is 8.81 Å². The predicted molar refractivity (Wildman–Crippen MR) is 30.4 cm³/mol. The topological polar surface area (TPSA) is 33.0 Å². The molecule has 2 nitrogen and oxygen atoms in total. The molecule has 0 aromatic rings. The molecule has 0 fully saturated rings. The Hall–Kier alpha value is -0.120. The molecule has 0 saturated heterocycles. The van der Waals surface area contributed by atoms with E-state index in [1.165, 1.54) is 0 Å². The van der Waals surface area contributed by atoms with Crippen molar-refractivity contribution in [3.05, 3.63) is 0 Å². The Labute approximate surface area is 45.3 Å². The van der Waals surface area contributed by atoms with Crippen LogP contribution in [-0.4, -0.2) is 13.3 Å². The second-order valence-corrected chi connectivity index (χ2v) is 1.66. The summed E-state index contributed by atoms with van der Waals surface area (Å²) in [6.07, 6.45) is 0.515. The van der Waals surface area contributed by atoms with E-state index in [2.05, 4.69) is 0 Å². The molecule has 0 radical (unpaired) electrons. The smallest absolute Gasteiger partial charge is 0.0646 e. The highest BCUT2D eigenvalue weighted by atomic mass is 31.1. The van der Waals surface area contributed by atoms with Crippen molar-refractivity contribution in [3.63, 3.8) is 0 Å². The lowest BCUT2D eigenvalue weighted by Crippen LogP contribution is -1.79. The molecular formula is C4H8NOP. The summed E-state index contributed by atoms with van der Waals surface area (Å²) in [6.45, 7) is 2.53. The van der Waals surface area contributed by atoms with E-state index in [0.29, 0.717) is 21.8 Å². The van der Waals surface area contributed by atoms with Gasteiger partial charge < -0.3 is 4.52 Å². The Balaban J connectivity index is 2.60. The standard InChI is InChI=1S/C4H8NOP/c1-7-6-4-2-3-5/h7H,2,4H2,1H3. The van der Waals surface area contributed by atoms with Crippen LogP contribution in [0.1, 0.15) is 6.42 Å². The highest BCUT2D eigenvalue weighted by Crippen LogP contribution is 2.02. The van der Waals surface area contributed by atoms with Gasteiger partial charge in [0.15, 0.2) is 0 Å². The fourth-order valence-electron chi connectivity index (χ4n) is 0.199. The molecular weight excluding hydrogens is 109 g/mol. The number of nitriles is 1. The van der Waals surface area contributed by atoms with Crippen LogP contribution in [0.2, 0.25) is 0 Å². The fourth-order valence-corrected chi connectivity index (χ4v) is 0.505. The largest absolute Gasteiger partial charge is 0.362 e. The van der Waals surface area contributed by atoms with E-state index in [1.807, 2.05) is 12.7 Å². The zero-order valence-electron chi connectivity index (χ0n) is 4.27. The van der Waals surface area contributed by atoms with E-state index in [1.54, 1.807) is 0 Å².